The summed E-state index contributed by atoms with van der Waals surface area (Å²) in [5, 5.41) is 0. The zero-order valence-corrected chi connectivity index (χ0v) is 17.8. The predicted molar refractivity (Wildman–Crippen MR) is 138 cm³/mol. The summed E-state index contributed by atoms with van der Waals surface area (Å²) in [5.41, 5.74) is -0.685. The van der Waals surface area contributed by atoms with Gasteiger partial charge in [-0.25, -0.2) is 0 Å². The fraction of sp³-hybridized carbons (Fsp3) is 0.250. The molecule has 0 saturated heterocycles. The molecular formula is C32H34. The van der Waals surface area contributed by atoms with E-state index in [0.717, 1.165) is 24.3 Å². The van der Waals surface area contributed by atoms with Crippen LogP contribution in [-0.4, -0.2) is 0 Å². The van der Waals surface area contributed by atoms with E-state index in [-0.39, 0.29) is 50.9 Å². The van der Waals surface area contributed by atoms with E-state index >= 15 is 0 Å². The molecule has 0 atom stereocenters. The molecule has 0 heterocycles. The Balaban J connectivity index is 1.93. The van der Waals surface area contributed by atoms with E-state index in [1.165, 1.54) is 30.3 Å². The summed E-state index contributed by atoms with van der Waals surface area (Å²) in [6, 6.07) is 19.5. The van der Waals surface area contributed by atoms with Gasteiger partial charge in [0, 0.05) is 20.6 Å². The van der Waals surface area contributed by atoms with Gasteiger partial charge < -0.3 is 0 Å². The lowest BCUT2D eigenvalue weighted by molar-refractivity contribution is 0.952. The van der Waals surface area contributed by atoms with Crippen LogP contribution in [0.15, 0.2) is 84.9 Å². The molecule has 32 heavy (non-hydrogen) atoms. The molecule has 4 rings (SSSR count). The molecule has 0 aromatic heterocycles. The van der Waals surface area contributed by atoms with Crippen molar-refractivity contribution in [2.24, 2.45) is 0 Å². The molecule has 0 saturated carbocycles. The lowest BCUT2D eigenvalue weighted by Crippen LogP contribution is -1.98. The van der Waals surface area contributed by atoms with Crippen molar-refractivity contribution in [1.29, 1.82) is 0 Å². The molecule has 0 heteroatoms. The number of hydrogen-bond donors (Lipinski definition) is 0. The fourth-order valence-electron chi connectivity index (χ4n) is 3.56. The van der Waals surface area contributed by atoms with Crippen molar-refractivity contribution >= 4 is 0 Å². The number of aryl methyl sites for hydroxylation is 6. The van der Waals surface area contributed by atoms with Gasteiger partial charge in [0.25, 0.3) is 0 Å². The van der Waals surface area contributed by atoms with Crippen LogP contribution in [0.3, 0.4) is 0 Å². The quantitative estimate of drug-likeness (QED) is 0.278. The van der Waals surface area contributed by atoms with Gasteiger partial charge in [0.15, 0.2) is 0 Å². The molecule has 0 N–H and O–H groups in total. The van der Waals surface area contributed by atoms with Gasteiger partial charge in [0.05, 0.1) is 0 Å². The van der Waals surface area contributed by atoms with Crippen molar-refractivity contribution in [1.82, 2.24) is 0 Å². The van der Waals surface area contributed by atoms with E-state index in [4.69, 9.17) is 20.6 Å². The van der Waals surface area contributed by atoms with E-state index < -0.39 is 39.7 Å². The van der Waals surface area contributed by atoms with Crippen molar-refractivity contribution < 1.29 is 20.6 Å². The first kappa shape index (κ1) is 10.2. The Hall–Kier alpha value is -3.12. The molecule has 4 aromatic rings. The second kappa shape index (κ2) is 10.0. The highest BCUT2D eigenvalue weighted by molar-refractivity contribution is 5.39. The minimum Gasteiger partial charge on any atom is -0.0622 e. The Morgan fingerprint density at radius 2 is 1.00 bits per heavy atom. The highest BCUT2D eigenvalue weighted by Crippen LogP contribution is 2.21. The molecule has 162 valence electrons. The van der Waals surface area contributed by atoms with Gasteiger partial charge in [-0.2, -0.15) is 0 Å². The van der Waals surface area contributed by atoms with Gasteiger partial charge in [-0.05, 0) is 86.4 Å². The van der Waals surface area contributed by atoms with Gasteiger partial charge >= 0.3 is 0 Å². The second-order valence-electron chi connectivity index (χ2n) is 7.77. The molecule has 0 amide bonds. The van der Waals surface area contributed by atoms with E-state index in [1.54, 1.807) is 37.3 Å². The van der Waals surface area contributed by atoms with Gasteiger partial charge in [-0.1, -0.05) is 107 Å². The minimum atomic E-state index is -2.80. The van der Waals surface area contributed by atoms with E-state index in [1.807, 2.05) is 0 Å². The first-order chi connectivity index (χ1) is 21.3. The van der Waals surface area contributed by atoms with Crippen LogP contribution in [0.25, 0.3) is 0 Å². The van der Waals surface area contributed by atoms with Crippen molar-refractivity contribution in [2.75, 3.05) is 0 Å². The summed E-state index contributed by atoms with van der Waals surface area (Å²) in [4.78, 5) is 0. The van der Waals surface area contributed by atoms with Crippen molar-refractivity contribution in [3.8, 4) is 0 Å². The predicted octanol–water partition coefficient (Wildman–Crippen LogP) is 7.89. The Labute approximate surface area is 215 Å². The molecule has 0 unspecified atom stereocenters. The first-order valence-corrected chi connectivity index (χ1v) is 10.3. The van der Waals surface area contributed by atoms with Gasteiger partial charge in [0.2, 0.25) is 0 Å². The maximum atomic E-state index is 9.17. The number of benzene rings is 4. The van der Waals surface area contributed by atoms with Crippen molar-refractivity contribution in [3.05, 3.63) is 141 Å². The lowest BCUT2D eigenvalue weighted by atomic mass is 9.94. The van der Waals surface area contributed by atoms with Crippen LogP contribution < -0.4 is 0 Å². The van der Waals surface area contributed by atoms with Crippen LogP contribution in [0.2, 0.25) is 0 Å². The Morgan fingerprint density at radius 1 is 0.531 bits per heavy atom. The smallest absolute Gasteiger partial charge is 0.0366 e. The van der Waals surface area contributed by atoms with E-state index in [9.17, 15) is 0 Å². The van der Waals surface area contributed by atoms with Crippen LogP contribution in [0, 0.1) is 27.5 Å². The van der Waals surface area contributed by atoms with E-state index in [2.05, 4.69) is 0 Å². The molecule has 0 fully saturated rings. The highest BCUT2D eigenvalue weighted by Gasteiger charge is 2.06. The SMILES string of the molecule is [2H]C([2H])([2H])c1cc(C)cc(C([2H])([2H])c2cc(C([2H])([2H])[2H])cc(C([2H])([2H])c3cc(C([2H])([2H])[2H])cc(C([2H])([2H])Cc4ccccc4)c3)c2)c1. The van der Waals surface area contributed by atoms with Gasteiger partial charge in [-0.3, -0.25) is 0 Å². The summed E-state index contributed by atoms with van der Waals surface area (Å²) in [5.74, 6) is 0. The average molecular weight is 434 g/mol. The summed E-state index contributed by atoms with van der Waals surface area (Å²) in [7, 11) is 0. The fourth-order valence-corrected chi connectivity index (χ4v) is 3.56. The third-order valence-electron chi connectivity index (χ3n) is 4.86. The third-order valence-corrected chi connectivity index (χ3v) is 4.86. The topological polar surface area (TPSA) is 0 Å². The van der Waals surface area contributed by atoms with Crippen LogP contribution in [-0.2, 0) is 25.5 Å². The van der Waals surface area contributed by atoms with Gasteiger partial charge in [-0.15, -0.1) is 0 Å². The zero-order valence-electron chi connectivity index (χ0n) is 32.8. The van der Waals surface area contributed by atoms with Crippen molar-refractivity contribution in [2.45, 2.75) is 53.0 Å². The second-order valence-corrected chi connectivity index (χ2v) is 7.77. The Bertz CT molecular complexity index is 1750. The molecule has 0 aliphatic rings. The molecule has 0 radical (unpaired) electrons. The highest BCUT2D eigenvalue weighted by atomic mass is 14.1. The van der Waals surface area contributed by atoms with Crippen molar-refractivity contribution in [3.63, 3.8) is 0 Å². The minimum absolute atomic E-state index is 0.0707. The van der Waals surface area contributed by atoms with Crippen LogP contribution in [0.5, 0.6) is 0 Å². The largest absolute Gasteiger partial charge is 0.0622 e. The molecule has 0 bridgehead atoms. The first-order valence-electron chi connectivity index (χ1n) is 17.8. The lowest BCUT2D eigenvalue weighted by Gasteiger charge is -2.12. The van der Waals surface area contributed by atoms with Crippen LogP contribution >= 0.6 is 0 Å². The number of rotatable bonds is 7. The standard InChI is InChI=1S/C32H34/c1-23-12-24(2)15-29(14-23)20-31-17-26(4)18-32(22-31)21-30-16-25(3)13-28(19-30)11-10-27-8-6-5-7-9-27/h5-9,12-19,22H,10-11,20-21H2,1-4H3/i1D3,3D3,4D3,11D2,20D2,21D2. The third kappa shape index (κ3) is 6.20. The molecule has 0 nitrogen and oxygen atoms in total. The summed E-state index contributed by atoms with van der Waals surface area (Å²) in [6.45, 7) is -6.48. The maximum absolute atomic E-state index is 9.17. The Kier molecular flexibility index (Phi) is 3.19. The summed E-state index contributed by atoms with van der Waals surface area (Å²) >= 11 is 0. The summed E-state index contributed by atoms with van der Waals surface area (Å²) in [6.07, 6.45) is -7.35. The molecule has 0 aliphatic carbocycles. The zero-order chi connectivity index (χ0) is 35.4. The molecule has 4 aromatic carbocycles. The molecule has 0 spiro atoms. The monoisotopic (exact) mass is 433 g/mol. The van der Waals surface area contributed by atoms with Gasteiger partial charge in [0.1, 0.15) is 0 Å². The normalized spacial score (nSPS) is 20.5. The molecular weight excluding hydrogens is 384 g/mol. The average Bonchev–Trinajstić information content (AvgIpc) is 2.95. The number of hydrogen-bond acceptors (Lipinski definition) is 0. The Morgan fingerprint density at radius 3 is 1.59 bits per heavy atom. The molecule has 0 aliphatic heterocycles. The van der Waals surface area contributed by atoms with Crippen LogP contribution in [0.1, 0.15) is 76.2 Å². The van der Waals surface area contributed by atoms with E-state index in [0.29, 0.717) is 11.1 Å². The van der Waals surface area contributed by atoms with Crippen LogP contribution in [0.4, 0.5) is 0 Å². The summed E-state index contributed by atoms with van der Waals surface area (Å²) < 4.78 is 126. The maximum Gasteiger partial charge on any atom is 0.0366 e.